The molecule has 0 aliphatic heterocycles. The number of halogens is 3. The molecule has 0 aromatic carbocycles. The Balaban J connectivity index is 2.52. The van der Waals surface area contributed by atoms with Crippen LogP contribution in [0.3, 0.4) is 0 Å². The molecule has 1 rings (SSSR count). The van der Waals surface area contributed by atoms with E-state index in [9.17, 15) is 13.2 Å². The molecule has 1 aromatic heterocycles. The van der Waals surface area contributed by atoms with Gasteiger partial charge in [0.25, 0.3) is 0 Å². The van der Waals surface area contributed by atoms with Crippen LogP contribution in [0.25, 0.3) is 0 Å². The van der Waals surface area contributed by atoms with Crippen LogP contribution < -0.4 is 10.5 Å². The number of aromatic nitrogens is 1. The van der Waals surface area contributed by atoms with Crippen molar-refractivity contribution in [2.24, 2.45) is 5.73 Å². The highest BCUT2D eigenvalue weighted by Crippen LogP contribution is 2.16. The summed E-state index contributed by atoms with van der Waals surface area (Å²) in [5.41, 5.74) is 6.02. The van der Waals surface area contributed by atoms with E-state index in [1.807, 2.05) is 0 Å². The van der Waals surface area contributed by atoms with Crippen LogP contribution in [-0.4, -0.2) is 17.8 Å². The molecule has 0 saturated carbocycles. The van der Waals surface area contributed by atoms with Gasteiger partial charge in [-0.2, -0.15) is 13.2 Å². The maximum absolute atomic E-state index is 11.7. The first kappa shape index (κ1) is 10.8. The van der Waals surface area contributed by atoms with Crippen LogP contribution in [-0.2, 0) is 6.54 Å². The number of nitrogens with two attached hydrogens (primary N) is 1. The van der Waals surface area contributed by atoms with Crippen molar-refractivity contribution < 1.29 is 17.9 Å². The Bertz CT molecular complexity index is 284. The van der Waals surface area contributed by atoms with Crippen molar-refractivity contribution in [2.45, 2.75) is 12.7 Å². The van der Waals surface area contributed by atoms with E-state index in [0.29, 0.717) is 6.54 Å². The van der Waals surface area contributed by atoms with Gasteiger partial charge in [0.15, 0.2) is 6.61 Å². The quantitative estimate of drug-likeness (QED) is 0.814. The van der Waals surface area contributed by atoms with Crippen LogP contribution in [0.15, 0.2) is 18.3 Å². The number of hydrogen-bond donors (Lipinski definition) is 1. The Hall–Kier alpha value is -1.30. The number of nitrogens with zero attached hydrogens (tertiary/aromatic N) is 1. The van der Waals surface area contributed by atoms with E-state index < -0.39 is 12.8 Å². The van der Waals surface area contributed by atoms with E-state index in [4.69, 9.17) is 5.73 Å². The number of ether oxygens (including phenoxy) is 1. The zero-order valence-corrected chi connectivity index (χ0v) is 7.21. The molecule has 1 heterocycles. The Labute approximate surface area is 78.7 Å². The lowest BCUT2D eigenvalue weighted by Gasteiger charge is -2.07. The van der Waals surface area contributed by atoms with E-state index in [2.05, 4.69) is 9.72 Å². The van der Waals surface area contributed by atoms with Crippen LogP contribution in [0, 0.1) is 0 Å². The number of alkyl halides is 3. The highest BCUT2D eigenvalue weighted by molar-refractivity contribution is 5.17. The predicted molar refractivity (Wildman–Crippen MR) is 43.7 cm³/mol. The molecule has 0 fully saturated rings. The van der Waals surface area contributed by atoms with Gasteiger partial charge < -0.3 is 10.5 Å². The first-order valence-electron chi connectivity index (χ1n) is 3.86. The lowest BCUT2D eigenvalue weighted by atomic mass is 10.3. The van der Waals surface area contributed by atoms with E-state index >= 15 is 0 Å². The monoisotopic (exact) mass is 206 g/mol. The third-order valence-electron chi connectivity index (χ3n) is 1.42. The van der Waals surface area contributed by atoms with Crippen molar-refractivity contribution in [1.29, 1.82) is 0 Å². The van der Waals surface area contributed by atoms with Crippen molar-refractivity contribution in [2.75, 3.05) is 6.61 Å². The fourth-order valence-electron chi connectivity index (χ4n) is 0.773. The van der Waals surface area contributed by atoms with E-state index in [1.54, 1.807) is 6.07 Å². The van der Waals surface area contributed by atoms with Crippen LogP contribution in [0.1, 0.15) is 5.56 Å². The fourth-order valence-corrected chi connectivity index (χ4v) is 0.773. The third kappa shape index (κ3) is 3.61. The van der Waals surface area contributed by atoms with Crippen molar-refractivity contribution in [3.05, 3.63) is 23.9 Å². The molecule has 0 amide bonds. The van der Waals surface area contributed by atoms with Gasteiger partial charge in [-0.25, -0.2) is 4.98 Å². The molecule has 78 valence electrons. The van der Waals surface area contributed by atoms with Crippen LogP contribution in [0.4, 0.5) is 13.2 Å². The standard InChI is InChI=1S/C8H9F3N2O/c9-8(10,11)5-14-7-2-1-6(3-12)4-13-7/h1-2,4H,3,5,12H2. The average molecular weight is 206 g/mol. The number of pyridine rings is 1. The number of hydrogen-bond acceptors (Lipinski definition) is 3. The van der Waals surface area contributed by atoms with Crippen LogP contribution >= 0.6 is 0 Å². The molecular formula is C8H9F3N2O. The minimum Gasteiger partial charge on any atom is -0.468 e. The number of rotatable bonds is 3. The normalized spacial score (nSPS) is 11.4. The largest absolute Gasteiger partial charge is 0.468 e. The SMILES string of the molecule is NCc1ccc(OCC(F)(F)F)nc1. The van der Waals surface area contributed by atoms with Gasteiger partial charge in [-0.05, 0) is 5.56 Å². The summed E-state index contributed by atoms with van der Waals surface area (Å²) < 4.78 is 39.5. The summed E-state index contributed by atoms with van der Waals surface area (Å²) in [4.78, 5) is 3.65. The van der Waals surface area contributed by atoms with E-state index in [0.717, 1.165) is 5.56 Å². The fraction of sp³-hybridized carbons (Fsp3) is 0.375. The van der Waals surface area contributed by atoms with E-state index in [-0.39, 0.29) is 5.88 Å². The molecular weight excluding hydrogens is 197 g/mol. The highest BCUT2D eigenvalue weighted by atomic mass is 19.4. The molecule has 0 aliphatic rings. The topological polar surface area (TPSA) is 48.1 Å². The summed E-state index contributed by atoms with van der Waals surface area (Å²) >= 11 is 0. The second kappa shape index (κ2) is 4.28. The van der Waals surface area contributed by atoms with Gasteiger partial charge in [0.1, 0.15) is 0 Å². The molecule has 0 atom stereocenters. The molecule has 14 heavy (non-hydrogen) atoms. The minimum atomic E-state index is -4.34. The Morgan fingerprint density at radius 2 is 2.07 bits per heavy atom. The van der Waals surface area contributed by atoms with Crippen molar-refractivity contribution >= 4 is 0 Å². The zero-order valence-electron chi connectivity index (χ0n) is 7.21. The van der Waals surface area contributed by atoms with Gasteiger partial charge in [0, 0.05) is 18.8 Å². The van der Waals surface area contributed by atoms with Crippen molar-refractivity contribution in [3.8, 4) is 5.88 Å². The predicted octanol–water partition coefficient (Wildman–Crippen LogP) is 1.48. The Kier molecular flexibility index (Phi) is 3.29. The van der Waals surface area contributed by atoms with Gasteiger partial charge in [-0.15, -0.1) is 0 Å². The summed E-state index contributed by atoms with van der Waals surface area (Å²) in [6.45, 7) is -1.03. The van der Waals surface area contributed by atoms with Crippen LogP contribution in [0.2, 0.25) is 0 Å². The molecule has 0 saturated heterocycles. The molecule has 0 unspecified atom stereocenters. The van der Waals surface area contributed by atoms with Gasteiger partial charge in [-0.1, -0.05) is 6.07 Å². The van der Waals surface area contributed by atoms with Crippen molar-refractivity contribution in [1.82, 2.24) is 4.98 Å². The maximum atomic E-state index is 11.7. The molecule has 2 N–H and O–H groups in total. The third-order valence-corrected chi connectivity index (χ3v) is 1.42. The van der Waals surface area contributed by atoms with Gasteiger partial charge in [-0.3, -0.25) is 0 Å². The maximum Gasteiger partial charge on any atom is 0.422 e. The lowest BCUT2D eigenvalue weighted by molar-refractivity contribution is -0.154. The first-order chi connectivity index (χ1) is 6.51. The van der Waals surface area contributed by atoms with Gasteiger partial charge in [0.2, 0.25) is 5.88 Å². The second-order valence-electron chi connectivity index (χ2n) is 2.61. The zero-order chi connectivity index (χ0) is 10.6. The summed E-state index contributed by atoms with van der Waals surface area (Å²) in [6, 6.07) is 2.92. The summed E-state index contributed by atoms with van der Waals surface area (Å²) in [6.07, 6.45) is -2.96. The second-order valence-corrected chi connectivity index (χ2v) is 2.61. The Morgan fingerprint density at radius 1 is 1.36 bits per heavy atom. The summed E-state index contributed by atoms with van der Waals surface area (Å²) in [5, 5.41) is 0. The van der Waals surface area contributed by atoms with E-state index in [1.165, 1.54) is 12.3 Å². The lowest BCUT2D eigenvalue weighted by Crippen LogP contribution is -2.19. The molecule has 0 spiro atoms. The summed E-state index contributed by atoms with van der Waals surface area (Å²) in [5.74, 6) is -0.0560. The molecule has 0 bridgehead atoms. The highest BCUT2D eigenvalue weighted by Gasteiger charge is 2.28. The first-order valence-corrected chi connectivity index (χ1v) is 3.86. The molecule has 1 aromatic rings. The molecule has 0 radical (unpaired) electrons. The minimum absolute atomic E-state index is 0.0560. The Morgan fingerprint density at radius 3 is 2.50 bits per heavy atom. The van der Waals surface area contributed by atoms with Gasteiger partial charge in [0.05, 0.1) is 0 Å². The molecule has 3 nitrogen and oxygen atoms in total. The van der Waals surface area contributed by atoms with Gasteiger partial charge >= 0.3 is 6.18 Å². The van der Waals surface area contributed by atoms with Crippen molar-refractivity contribution in [3.63, 3.8) is 0 Å². The molecule has 6 heteroatoms. The smallest absolute Gasteiger partial charge is 0.422 e. The molecule has 0 aliphatic carbocycles. The summed E-state index contributed by atoms with van der Waals surface area (Å²) in [7, 11) is 0. The average Bonchev–Trinajstić information content (AvgIpc) is 2.14. The van der Waals surface area contributed by atoms with Crippen LogP contribution in [0.5, 0.6) is 5.88 Å².